The molecule has 1 aliphatic heterocycles. The van der Waals surface area contributed by atoms with Gasteiger partial charge in [0, 0.05) is 12.5 Å². The number of carbonyl (C=O) groups is 2. The summed E-state index contributed by atoms with van der Waals surface area (Å²) in [5.74, 6) is -0.406. The largest absolute Gasteiger partial charge is 0.356 e. The summed E-state index contributed by atoms with van der Waals surface area (Å²) in [6, 6.07) is 14.7. The summed E-state index contributed by atoms with van der Waals surface area (Å²) < 4.78 is 15.6. The van der Waals surface area contributed by atoms with E-state index in [4.69, 9.17) is 0 Å². The average Bonchev–Trinajstić information content (AvgIpc) is 3.14. The van der Waals surface area contributed by atoms with Crippen molar-refractivity contribution in [3.8, 4) is 5.69 Å². The molecule has 0 unspecified atom stereocenters. The van der Waals surface area contributed by atoms with E-state index in [9.17, 15) is 14.0 Å². The first-order valence-corrected chi connectivity index (χ1v) is 12.5. The minimum atomic E-state index is -0.244. The number of nitrogens with zero attached hydrogens (tertiary/aromatic N) is 3. The number of amides is 2. The molecule has 36 heavy (non-hydrogen) atoms. The Kier molecular flexibility index (Phi) is 8.15. The molecular formula is C28H34FN5O2. The number of anilines is 1. The fraction of sp³-hybridized carbons (Fsp3) is 0.393. The van der Waals surface area contributed by atoms with Crippen molar-refractivity contribution in [2.75, 3.05) is 31.5 Å². The summed E-state index contributed by atoms with van der Waals surface area (Å²) >= 11 is 0. The van der Waals surface area contributed by atoms with Gasteiger partial charge in [-0.2, -0.15) is 5.10 Å². The van der Waals surface area contributed by atoms with Crippen LogP contribution in [0.15, 0.2) is 48.5 Å². The van der Waals surface area contributed by atoms with Gasteiger partial charge in [-0.15, -0.1) is 0 Å². The quantitative estimate of drug-likeness (QED) is 0.500. The number of nitrogens with one attached hydrogen (secondary N) is 2. The Bertz CT molecular complexity index is 1210. The molecule has 2 amide bonds. The van der Waals surface area contributed by atoms with E-state index in [1.54, 1.807) is 18.2 Å². The van der Waals surface area contributed by atoms with Crippen LogP contribution >= 0.6 is 0 Å². The fourth-order valence-electron chi connectivity index (χ4n) is 4.66. The topological polar surface area (TPSA) is 79.3 Å². The summed E-state index contributed by atoms with van der Waals surface area (Å²) in [6.45, 7) is 7.93. The number of benzene rings is 2. The number of aromatic nitrogens is 2. The normalized spacial score (nSPS) is 14.6. The van der Waals surface area contributed by atoms with Gasteiger partial charge in [0.2, 0.25) is 11.8 Å². The second-order valence-electron chi connectivity index (χ2n) is 9.52. The van der Waals surface area contributed by atoms with Crippen molar-refractivity contribution in [1.82, 2.24) is 20.0 Å². The van der Waals surface area contributed by atoms with Crippen LogP contribution < -0.4 is 10.6 Å². The minimum Gasteiger partial charge on any atom is -0.356 e. The SMILES string of the molecule is Cc1ccc(-n2nc(C)c(NC(=O)CN3CCC(C(=O)NCCc4ccccc4F)CC3)c2C)cc1. The van der Waals surface area contributed by atoms with Crippen LogP contribution in [0.3, 0.4) is 0 Å². The van der Waals surface area contributed by atoms with E-state index in [-0.39, 0.29) is 30.1 Å². The molecule has 0 spiro atoms. The van der Waals surface area contributed by atoms with Gasteiger partial charge in [0.1, 0.15) is 5.82 Å². The van der Waals surface area contributed by atoms with Crippen molar-refractivity contribution in [1.29, 1.82) is 0 Å². The Morgan fingerprint density at radius 1 is 1.03 bits per heavy atom. The summed E-state index contributed by atoms with van der Waals surface area (Å²) in [7, 11) is 0. The Hall–Kier alpha value is -3.52. The molecule has 3 aromatic rings. The van der Waals surface area contributed by atoms with Crippen LogP contribution in [0.25, 0.3) is 5.69 Å². The highest BCUT2D eigenvalue weighted by molar-refractivity contribution is 5.93. The molecule has 0 bridgehead atoms. The first-order valence-electron chi connectivity index (χ1n) is 12.5. The molecule has 1 saturated heterocycles. The second-order valence-corrected chi connectivity index (χ2v) is 9.52. The van der Waals surface area contributed by atoms with Gasteiger partial charge in [-0.3, -0.25) is 14.5 Å². The summed E-state index contributed by atoms with van der Waals surface area (Å²) in [6.07, 6.45) is 1.86. The van der Waals surface area contributed by atoms with E-state index < -0.39 is 0 Å². The maximum atomic E-state index is 13.7. The molecule has 0 aliphatic carbocycles. The van der Waals surface area contributed by atoms with Crippen molar-refractivity contribution in [3.63, 3.8) is 0 Å². The average molecular weight is 492 g/mol. The zero-order valence-electron chi connectivity index (χ0n) is 21.2. The lowest BCUT2D eigenvalue weighted by Gasteiger charge is -2.30. The maximum Gasteiger partial charge on any atom is 0.238 e. The Labute approximate surface area is 211 Å². The minimum absolute atomic E-state index is 0.00482. The van der Waals surface area contributed by atoms with E-state index >= 15 is 0 Å². The highest BCUT2D eigenvalue weighted by Crippen LogP contribution is 2.23. The van der Waals surface area contributed by atoms with E-state index in [1.807, 2.05) is 49.7 Å². The number of hydrogen-bond acceptors (Lipinski definition) is 4. The zero-order chi connectivity index (χ0) is 25.7. The number of hydrogen-bond donors (Lipinski definition) is 2. The molecule has 1 aliphatic rings. The van der Waals surface area contributed by atoms with Crippen LogP contribution in [0.4, 0.5) is 10.1 Å². The third-order valence-corrected chi connectivity index (χ3v) is 6.81. The summed E-state index contributed by atoms with van der Waals surface area (Å²) in [5.41, 5.74) is 5.13. The second kappa shape index (κ2) is 11.5. The molecule has 1 aromatic heterocycles. The van der Waals surface area contributed by atoms with Gasteiger partial charge < -0.3 is 10.6 Å². The van der Waals surface area contributed by atoms with E-state index in [1.165, 1.54) is 11.6 Å². The molecule has 2 N–H and O–H groups in total. The molecule has 8 heteroatoms. The van der Waals surface area contributed by atoms with Gasteiger partial charge >= 0.3 is 0 Å². The Morgan fingerprint density at radius 3 is 2.42 bits per heavy atom. The summed E-state index contributed by atoms with van der Waals surface area (Å²) in [4.78, 5) is 27.4. The van der Waals surface area contributed by atoms with Crippen LogP contribution in [0.5, 0.6) is 0 Å². The number of likely N-dealkylation sites (tertiary alicyclic amines) is 1. The third kappa shape index (κ3) is 6.18. The lowest BCUT2D eigenvalue weighted by molar-refractivity contribution is -0.126. The van der Waals surface area contributed by atoms with Crippen molar-refractivity contribution in [2.24, 2.45) is 5.92 Å². The molecule has 2 aromatic carbocycles. The van der Waals surface area contributed by atoms with Crippen molar-refractivity contribution >= 4 is 17.5 Å². The van der Waals surface area contributed by atoms with Gasteiger partial charge in [0.15, 0.2) is 0 Å². The number of rotatable bonds is 8. The number of carbonyl (C=O) groups excluding carboxylic acids is 2. The molecule has 1 fully saturated rings. The first kappa shape index (κ1) is 25.6. The van der Waals surface area contributed by atoms with Crippen molar-refractivity contribution < 1.29 is 14.0 Å². The number of halogens is 1. The molecular weight excluding hydrogens is 457 g/mol. The van der Waals surface area contributed by atoms with Gasteiger partial charge in [-0.05, 0) is 76.9 Å². The number of piperidine rings is 1. The van der Waals surface area contributed by atoms with Crippen molar-refractivity contribution in [3.05, 3.63) is 76.9 Å². The molecule has 4 rings (SSSR count). The molecule has 190 valence electrons. The highest BCUT2D eigenvalue weighted by Gasteiger charge is 2.26. The lowest BCUT2D eigenvalue weighted by Crippen LogP contribution is -2.43. The van der Waals surface area contributed by atoms with Crippen LogP contribution in [-0.2, 0) is 16.0 Å². The first-order chi connectivity index (χ1) is 17.3. The molecule has 7 nitrogen and oxygen atoms in total. The van der Waals surface area contributed by atoms with E-state index in [2.05, 4.69) is 20.6 Å². The van der Waals surface area contributed by atoms with Crippen LogP contribution in [0, 0.1) is 32.5 Å². The smallest absolute Gasteiger partial charge is 0.238 e. The van der Waals surface area contributed by atoms with Crippen LogP contribution in [0.2, 0.25) is 0 Å². The number of aryl methyl sites for hydroxylation is 2. The van der Waals surface area contributed by atoms with Crippen LogP contribution in [-0.4, -0.2) is 52.7 Å². The fourth-order valence-corrected chi connectivity index (χ4v) is 4.66. The monoisotopic (exact) mass is 491 g/mol. The molecule has 0 radical (unpaired) electrons. The zero-order valence-corrected chi connectivity index (χ0v) is 21.2. The maximum absolute atomic E-state index is 13.7. The van der Waals surface area contributed by atoms with Gasteiger partial charge in [-0.1, -0.05) is 35.9 Å². The van der Waals surface area contributed by atoms with Gasteiger partial charge in [-0.25, -0.2) is 9.07 Å². The van der Waals surface area contributed by atoms with E-state index in [0.717, 1.165) is 22.8 Å². The van der Waals surface area contributed by atoms with Crippen LogP contribution in [0.1, 0.15) is 35.4 Å². The van der Waals surface area contributed by atoms with Crippen molar-refractivity contribution in [2.45, 2.75) is 40.0 Å². The van der Waals surface area contributed by atoms with E-state index in [0.29, 0.717) is 44.5 Å². The Morgan fingerprint density at radius 2 is 1.72 bits per heavy atom. The standard InChI is InChI=1S/C28H34FN5O2/c1-19-8-10-24(11-9-19)34-21(3)27(20(2)32-34)31-26(35)18-33-16-13-23(14-17-33)28(36)30-15-12-22-6-4-5-7-25(22)29/h4-11,23H,12-18H2,1-3H3,(H,30,36)(H,31,35). The third-order valence-electron chi connectivity index (χ3n) is 6.81. The predicted molar refractivity (Wildman–Crippen MR) is 139 cm³/mol. The lowest BCUT2D eigenvalue weighted by atomic mass is 9.96. The van der Waals surface area contributed by atoms with Gasteiger partial charge in [0.25, 0.3) is 0 Å². The molecule has 0 atom stereocenters. The summed E-state index contributed by atoms with van der Waals surface area (Å²) in [5, 5.41) is 10.6. The Balaban J connectivity index is 1.23. The predicted octanol–water partition coefficient (Wildman–Crippen LogP) is 3.95. The highest BCUT2D eigenvalue weighted by atomic mass is 19.1. The molecule has 2 heterocycles. The van der Waals surface area contributed by atoms with Gasteiger partial charge in [0.05, 0.1) is 29.3 Å². The molecule has 0 saturated carbocycles.